The van der Waals surface area contributed by atoms with Crippen LogP contribution < -0.4 is 0 Å². The molecule has 0 unspecified atom stereocenters. The van der Waals surface area contributed by atoms with E-state index < -0.39 is 5.97 Å². The zero-order valence-electron chi connectivity index (χ0n) is 10.3. The molecular weight excluding hydrogens is 230 g/mol. The van der Waals surface area contributed by atoms with Crippen LogP contribution in [0.2, 0.25) is 0 Å². The molecule has 1 N–H and O–H groups in total. The third-order valence-electron chi connectivity index (χ3n) is 2.22. The Morgan fingerprint density at radius 3 is 2.44 bits per heavy atom. The van der Waals surface area contributed by atoms with E-state index in [-0.39, 0.29) is 19.0 Å². The van der Waals surface area contributed by atoms with Crippen molar-refractivity contribution in [1.29, 1.82) is 0 Å². The van der Waals surface area contributed by atoms with E-state index in [1.54, 1.807) is 7.11 Å². The number of methoxy groups -OCH3 is 1. The highest BCUT2D eigenvalue weighted by Gasteiger charge is 2.07. The van der Waals surface area contributed by atoms with Gasteiger partial charge in [0, 0.05) is 13.7 Å². The zero-order valence-corrected chi connectivity index (χ0v) is 11.1. The molecule has 0 aromatic carbocycles. The van der Waals surface area contributed by atoms with Gasteiger partial charge in [-0.25, -0.2) is 0 Å². The highest BCUT2D eigenvalue weighted by molar-refractivity contribution is 5.85. The first-order valence-electron chi connectivity index (χ1n) is 5.63. The number of hydrogen-bond acceptors (Lipinski definition) is 3. The van der Waals surface area contributed by atoms with Crippen molar-refractivity contribution >= 4 is 18.4 Å². The lowest BCUT2D eigenvalue weighted by Gasteiger charge is -2.18. The number of carboxylic acids is 1. The van der Waals surface area contributed by atoms with E-state index in [1.807, 2.05) is 4.90 Å². The Morgan fingerprint density at radius 1 is 1.25 bits per heavy atom. The minimum Gasteiger partial charge on any atom is -0.480 e. The van der Waals surface area contributed by atoms with Gasteiger partial charge in [0.15, 0.2) is 0 Å². The summed E-state index contributed by atoms with van der Waals surface area (Å²) in [7, 11) is 1.70. The summed E-state index contributed by atoms with van der Waals surface area (Å²) in [6.45, 7) is 4.78. The fourth-order valence-corrected chi connectivity index (χ4v) is 1.54. The van der Waals surface area contributed by atoms with Crippen LogP contribution in [0.1, 0.15) is 32.6 Å². The Hall–Kier alpha value is -0.320. The Kier molecular flexibility index (Phi) is 14.4. The number of carbonyl (C=O) groups is 1. The van der Waals surface area contributed by atoms with Crippen LogP contribution in [-0.4, -0.2) is 49.3 Å². The average Bonchev–Trinajstić information content (AvgIpc) is 2.17. The van der Waals surface area contributed by atoms with Crippen LogP contribution in [-0.2, 0) is 9.53 Å². The number of aliphatic carboxylic acids is 1. The fraction of sp³-hybridized carbons (Fsp3) is 0.909. The van der Waals surface area contributed by atoms with Gasteiger partial charge >= 0.3 is 5.97 Å². The molecule has 0 aliphatic heterocycles. The van der Waals surface area contributed by atoms with Crippen LogP contribution in [0.25, 0.3) is 0 Å². The molecule has 0 spiro atoms. The van der Waals surface area contributed by atoms with E-state index in [4.69, 9.17) is 9.84 Å². The molecule has 4 nitrogen and oxygen atoms in total. The average molecular weight is 254 g/mol. The van der Waals surface area contributed by atoms with Crippen LogP contribution >= 0.6 is 12.4 Å². The highest BCUT2D eigenvalue weighted by atomic mass is 35.5. The van der Waals surface area contributed by atoms with Crippen molar-refractivity contribution in [2.24, 2.45) is 0 Å². The number of carboxylic acid groups (broad SMARTS) is 1. The van der Waals surface area contributed by atoms with E-state index in [0.29, 0.717) is 0 Å². The molecule has 98 valence electrons. The number of unbranched alkanes of at least 4 members (excludes halogenated alkanes) is 2. The van der Waals surface area contributed by atoms with Crippen LogP contribution in [0.15, 0.2) is 0 Å². The van der Waals surface area contributed by atoms with Gasteiger partial charge in [0.1, 0.15) is 0 Å². The molecule has 0 aromatic rings. The Balaban J connectivity index is 0. The second kappa shape index (κ2) is 12.7. The molecule has 5 heteroatoms. The molecule has 0 saturated carbocycles. The molecule has 0 fully saturated rings. The van der Waals surface area contributed by atoms with Gasteiger partial charge in [0.2, 0.25) is 0 Å². The molecular formula is C11H24ClNO3. The maximum Gasteiger partial charge on any atom is 0.317 e. The largest absolute Gasteiger partial charge is 0.480 e. The van der Waals surface area contributed by atoms with Crippen molar-refractivity contribution in [3.05, 3.63) is 0 Å². The van der Waals surface area contributed by atoms with E-state index in [9.17, 15) is 4.79 Å². The standard InChI is InChI=1S/C11H23NO3.ClH/c1-3-7-12(10-11(13)14)8-5-4-6-9-15-2;/h3-10H2,1-2H3,(H,13,14);1H. The predicted molar refractivity (Wildman–Crippen MR) is 67.3 cm³/mol. The quantitative estimate of drug-likeness (QED) is 0.605. The molecule has 0 aliphatic carbocycles. The summed E-state index contributed by atoms with van der Waals surface area (Å²) in [6.07, 6.45) is 4.22. The summed E-state index contributed by atoms with van der Waals surface area (Å²) in [5.41, 5.74) is 0. The van der Waals surface area contributed by atoms with Crippen LogP contribution in [0.4, 0.5) is 0 Å². The summed E-state index contributed by atoms with van der Waals surface area (Å²) >= 11 is 0. The number of nitrogens with zero attached hydrogens (tertiary/aromatic N) is 1. The minimum atomic E-state index is -0.736. The van der Waals surface area contributed by atoms with Crippen LogP contribution in [0, 0.1) is 0 Å². The van der Waals surface area contributed by atoms with Gasteiger partial charge in [-0.2, -0.15) is 0 Å². The topological polar surface area (TPSA) is 49.8 Å². The first kappa shape index (κ1) is 18.1. The van der Waals surface area contributed by atoms with Crippen molar-refractivity contribution in [3.8, 4) is 0 Å². The van der Waals surface area contributed by atoms with Crippen LogP contribution in [0.5, 0.6) is 0 Å². The molecule has 0 saturated heterocycles. The van der Waals surface area contributed by atoms with Crippen molar-refractivity contribution < 1.29 is 14.6 Å². The number of ether oxygens (including phenoxy) is 1. The van der Waals surface area contributed by atoms with Crippen molar-refractivity contribution in [1.82, 2.24) is 4.90 Å². The summed E-state index contributed by atoms with van der Waals surface area (Å²) in [5, 5.41) is 8.69. The maximum absolute atomic E-state index is 10.6. The second-order valence-electron chi connectivity index (χ2n) is 3.72. The summed E-state index contributed by atoms with van der Waals surface area (Å²) < 4.78 is 4.95. The van der Waals surface area contributed by atoms with E-state index in [0.717, 1.165) is 45.4 Å². The van der Waals surface area contributed by atoms with Crippen LogP contribution in [0.3, 0.4) is 0 Å². The molecule has 0 bridgehead atoms. The molecule has 0 amide bonds. The molecule has 16 heavy (non-hydrogen) atoms. The Labute approximate surface area is 104 Å². The van der Waals surface area contributed by atoms with Gasteiger partial charge in [0.05, 0.1) is 6.54 Å². The van der Waals surface area contributed by atoms with E-state index in [1.165, 1.54) is 0 Å². The van der Waals surface area contributed by atoms with Gasteiger partial charge < -0.3 is 9.84 Å². The lowest BCUT2D eigenvalue weighted by Crippen LogP contribution is -2.31. The number of rotatable bonds is 10. The monoisotopic (exact) mass is 253 g/mol. The second-order valence-corrected chi connectivity index (χ2v) is 3.72. The fourth-order valence-electron chi connectivity index (χ4n) is 1.54. The van der Waals surface area contributed by atoms with Crippen molar-refractivity contribution in [3.63, 3.8) is 0 Å². The summed E-state index contributed by atoms with van der Waals surface area (Å²) in [6, 6.07) is 0. The molecule has 0 rings (SSSR count). The lowest BCUT2D eigenvalue weighted by molar-refractivity contribution is -0.138. The third-order valence-corrected chi connectivity index (χ3v) is 2.22. The highest BCUT2D eigenvalue weighted by Crippen LogP contribution is 2.00. The van der Waals surface area contributed by atoms with Crippen molar-refractivity contribution in [2.45, 2.75) is 32.6 Å². The normalized spacial score (nSPS) is 10.2. The van der Waals surface area contributed by atoms with Gasteiger partial charge in [-0.05, 0) is 38.8 Å². The Morgan fingerprint density at radius 2 is 1.94 bits per heavy atom. The molecule has 0 aromatic heterocycles. The van der Waals surface area contributed by atoms with Gasteiger partial charge in [-0.1, -0.05) is 6.92 Å². The first-order valence-corrected chi connectivity index (χ1v) is 5.63. The molecule has 0 radical (unpaired) electrons. The van der Waals surface area contributed by atoms with E-state index in [2.05, 4.69) is 6.92 Å². The molecule has 0 aliphatic rings. The smallest absolute Gasteiger partial charge is 0.317 e. The minimum absolute atomic E-state index is 0. The number of halogens is 1. The predicted octanol–water partition coefficient (Wildman–Crippen LogP) is 2.02. The van der Waals surface area contributed by atoms with Gasteiger partial charge in [0.25, 0.3) is 0 Å². The summed E-state index contributed by atoms with van der Waals surface area (Å²) in [4.78, 5) is 12.6. The van der Waals surface area contributed by atoms with Crippen molar-refractivity contribution in [2.75, 3.05) is 33.4 Å². The molecule has 0 heterocycles. The molecule has 0 atom stereocenters. The lowest BCUT2D eigenvalue weighted by atomic mass is 10.2. The zero-order chi connectivity index (χ0) is 11.5. The van der Waals surface area contributed by atoms with Gasteiger partial charge in [-0.15, -0.1) is 12.4 Å². The maximum atomic E-state index is 10.6. The first-order chi connectivity index (χ1) is 7.20. The van der Waals surface area contributed by atoms with E-state index >= 15 is 0 Å². The SMILES string of the molecule is CCCN(CCCCCOC)CC(=O)O.Cl. The van der Waals surface area contributed by atoms with Gasteiger partial charge in [-0.3, -0.25) is 9.69 Å². The summed E-state index contributed by atoms with van der Waals surface area (Å²) in [5.74, 6) is -0.736. The third kappa shape index (κ3) is 11.8. The Bertz CT molecular complexity index is 167. The number of hydrogen-bond donors (Lipinski definition) is 1.